The predicted octanol–water partition coefficient (Wildman–Crippen LogP) is 3.45. The molecule has 2 aromatic rings. The molecule has 94 valence electrons. The van der Waals surface area contributed by atoms with Gasteiger partial charge in [0.05, 0.1) is 11.0 Å². The van der Waals surface area contributed by atoms with Crippen molar-refractivity contribution in [3.8, 4) is 0 Å². The Morgan fingerprint density at radius 2 is 2.22 bits per heavy atom. The lowest BCUT2D eigenvalue weighted by Gasteiger charge is -2.05. The molecule has 0 saturated carbocycles. The maximum Gasteiger partial charge on any atom is 0.274 e. The minimum atomic E-state index is -0.609. The van der Waals surface area contributed by atoms with Gasteiger partial charge in [-0.15, -0.1) is 0 Å². The number of nitrogens with one attached hydrogen (secondary N) is 1. The lowest BCUT2D eigenvalue weighted by atomic mass is 10.2. The summed E-state index contributed by atoms with van der Waals surface area (Å²) in [7, 11) is 0. The van der Waals surface area contributed by atoms with Crippen molar-refractivity contribution >= 4 is 22.7 Å². The molecule has 2 rings (SSSR count). The molecule has 0 aliphatic rings. The molecule has 0 bridgehead atoms. The van der Waals surface area contributed by atoms with Crippen LogP contribution in [0.2, 0.25) is 0 Å². The number of thiophene rings is 1. The van der Waals surface area contributed by atoms with Crippen LogP contribution in [-0.4, -0.2) is 11.5 Å². The van der Waals surface area contributed by atoms with Crippen LogP contribution in [0.4, 0.5) is 15.8 Å². The van der Waals surface area contributed by atoms with Crippen LogP contribution in [0.25, 0.3) is 0 Å². The molecule has 0 aliphatic heterocycles. The van der Waals surface area contributed by atoms with E-state index in [-0.39, 0.29) is 5.69 Å². The summed E-state index contributed by atoms with van der Waals surface area (Å²) in [6, 6.07) is 5.50. The summed E-state index contributed by atoms with van der Waals surface area (Å²) in [4.78, 5) is 9.97. The monoisotopic (exact) mass is 266 g/mol. The second kappa shape index (κ2) is 5.59. The highest BCUT2D eigenvalue weighted by atomic mass is 32.1. The number of nitro groups is 1. The molecule has 1 aromatic heterocycles. The van der Waals surface area contributed by atoms with Crippen molar-refractivity contribution in [2.24, 2.45) is 0 Å². The second-order valence-electron chi connectivity index (χ2n) is 3.76. The zero-order valence-corrected chi connectivity index (χ0v) is 10.2. The lowest BCUT2D eigenvalue weighted by molar-refractivity contribution is -0.385. The van der Waals surface area contributed by atoms with Crippen LogP contribution in [0.15, 0.2) is 35.0 Å². The summed E-state index contributed by atoms with van der Waals surface area (Å²) >= 11 is 1.62. The zero-order chi connectivity index (χ0) is 13.0. The van der Waals surface area contributed by atoms with Gasteiger partial charge in [-0.2, -0.15) is 11.3 Å². The third-order valence-electron chi connectivity index (χ3n) is 2.42. The molecule has 1 heterocycles. The molecule has 0 radical (unpaired) electrons. The van der Waals surface area contributed by atoms with E-state index in [4.69, 9.17) is 0 Å². The third kappa shape index (κ3) is 3.27. The Balaban J connectivity index is 1.98. The van der Waals surface area contributed by atoms with Crippen molar-refractivity contribution in [3.63, 3.8) is 0 Å². The van der Waals surface area contributed by atoms with Crippen LogP contribution in [-0.2, 0) is 6.42 Å². The van der Waals surface area contributed by atoms with Crippen LogP contribution in [0.1, 0.15) is 5.56 Å². The normalized spacial score (nSPS) is 10.3. The molecule has 4 nitrogen and oxygen atoms in total. The highest BCUT2D eigenvalue weighted by molar-refractivity contribution is 7.07. The van der Waals surface area contributed by atoms with E-state index in [0.29, 0.717) is 12.2 Å². The largest absolute Gasteiger partial charge is 0.384 e. The standard InChI is InChI=1S/C12H11FN2O2S/c13-10-5-11(7-12(6-10)15(16)17)14-3-1-9-2-4-18-8-9/h2,4-8,14H,1,3H2. The molecule has 1 N–H and O–H groups in total. The van der Waals surface area contributed by atoms with Gasteiger partial charge in [-0.25, -0.2) is 4.39 Å². The molecule has 6 heteroatoms. The maximum absolute atomic E-state index is 13.1. The van der Waals surface area contributed by atoms with Crippen molar-refractivity contribution in [3.05, 3.63) is 56.5 Å². The predicted molar refractivity (Wildman–Crippen MR) is 69.6 cm³/mol. The summed E-state index contributed by atoms with van der Waals surface area (Å²) in [5.41, 5.74) is 1.38. The molecule has 0 saturated heterocycles. The van der Waals surface area contributed by atoms with Crippen LogP contribution in [0, 0.1) is 15.9 Å². The van der Waals surface area contributed by atoms with Crippen molar-refractivity contribution in [2.75, 3.05) is 11.9 Å². The Hall–Kier alpha value is -1.95. The van der Waals surface area contributed by atoms with E-state index in [1.165, 1.54) is 17.7 Å². The Bertz CT molecular complexity index is 543. The average molecular weight is 266 g/mol. The Morgan fingerprint density at radius 1 is 1.39 bits per heavy atom. The van der Waals surface area contributed by atoms with Crippen molar-refractivity contribution in [1.29, 1.82) is 0 Å². The van der Waals surface area contributed by atoms with Gasteiger partial charge >= 0.3 is 0 Å². The highest BCUT2D eigenvalue weighted by Gasteiger charge is 2.09. The fraction of sp³-hybridized carbons (Fsp3) is 0.167. The van der Waals surface area contributed by atoms with E-state index in [0.717, 1.165) is 12.5 Å². The first-order chi connectivity index (χ1) is 8.65. The van der Waals surface area contributed by atoms with Crippen molar-refractivity contribution in [2.45, 2.75) is 6.42 Å². The molecule has 0 amide bonds. The smallest absolute Gasteiger partial charge is 0.274 e. The van der Waals surface area contributed by atoms with E-state index in [9.17, 15) is 14.5 Å². The number of rotatable bonds is 5. The first kappa shape index (κ1) is 12.5. The van der Waals surface area contributed by atoms with E-state index >= 15 is 0 Å². The van der Waals surface area contributed by atoms with Gasteiger partial charge in [0.2, 0.25) is 0 Å². The van der Waals surface area contributed by atoms with E-state index in [2.05, 4.69) is 5.32 Å². The minimum absolute atomic E-state index is 0.243. The molecule has 0 atom stereocenters. The number of hydrogen-bond donors (Lipinski definition) is 1. The van der Waals surface area contributed by atoms with Gasteiger partial charge in [0.15, 0.2) is 0 Å². The number of hydrogen-bond acceptors (Lipinski definition) is 4. The van der Waals surface area contributed by atoms with Gasteiger partial charge < -0.3 is 5.32 Å². The van der Waals surface area contributed by atoms with E-state index in [1.54, 1.807) is 11.3 Å². The Labute approximate surface area is 107 Å². The lowest BCUT2D eigenvalue weighted by Crippen LogP contribution is -2.05. The summed E-state index contributed by atoms with van der Waals surface area (Å²) < 4.78 is 13.1. The Morgan fingerprint density at radius 3 is 2.89 bits per heavy atom. The molecule has 0 aliphatic carbocycles. The van der Waals surface area contributed by atoms with Crippen LogP contribution < -0.4 is 5.32 Å². The summed E-state index contributed by atoms with van der Waals surface area (Å²) in [6.45, 7) is 0.608. The average Bonchev–Trinajstić information content (AvgIpc) is 2.81. The molecular formula is C12H11FN2O2S. The quantitative estimate of drug-likeness (QED) is 0.666. The van der Waals surface area contributed by atoms with Crippen molar-refractivity contribution < 1.29 is 9.31 Å². The van der Waals surface area contributed by atoms with E-state index < -0.39 is 10.7 Å². The highest BCUT2D eigenvalue weighted by Crippen LogP contribution is 2.20. The van der Waals surface area contributed by atoms with Crippen LogP contribution in [0.3, 0.4) is 0 Å². The molecule has 0 spiro atoms. The van der Waals surface area contributed by atoms with Crippen LogP contribution >= 0.6 is 11.3 Å². The molecule has 1 aromatic carbocycles. The van der Waals surface area contributed by atoms with Gasteiger partial charge in [0, 0.05) is 18.3 Å². The summed E-state index contributed by atoms with van der Waals surface area (Å²) in [6.07, 6.45) is 0.799. The van der Waals surface area contributed by atoms with E-state index in [1.807, 2.05) is 16.8 Å². The number of nitrogens with zero attached hydrogens (tertiary/aromatic N) is 1. The molecule has 0 unspecified atom stereocenters. The Kier molecular flexibility index (Phi) is 3.88. The minimum Gasteiger partial charge on any atom is -0.384 e. The second-order valence-corrected chi connectivity index (χ2v) is 4.54. The topological polar surface area (TPSA) is 55.2 Å². The van der Waals surface area contributed by atoms with Gasteiger partial charge in [-0.3, -0.25) is 10.1 Å². The number of non-ortho nitro benzene ring substituents is 1. The number of halogens is 1. The molecule has 18 heavy (non-hydrogen) atoms. The maximum atomic E-state index is 13.1. The van der Waals surface area contributed by atoms with Gasteiger partial charge in [-0.1, -0.05) is 0 Å². The third-order valence-corrected chi connectivity index (χ3v) is 3.15. The first-order valence-corrected chi connectivity index (χ1v) is 6.29. The van der Waals surface area contributed by atoms with Crippen molar-refractivity contribution in [1.82, 2.24) is 0 Å². The molecule has 0 fully saturated rings. The van der Waals surface area contributed by atoms with Gasteiger partial charge in [0.25, 0.3) is 5.69 Å². The van der Waals surface area contributed by atoms with Crippen LogP contribution in [0.5, 0.6) is 0 Å². The SMILES string of the molecule is O=[N+]([O-])c1cc(F)cc(NCCc2ccsc2)c1. The number of benzene rings is 1. The number of anilines is 1. The first-order valence-electron chi connectivity index (χ1n) is 5.35. The summed E-state index contributed by atoms with van der Waals surface area (Å²) in [5, 5.41) is 17.6. The zero-order valence-electron chi connectivity index (χ0n) is 9.43. The fourth-order valence-corrected chi connectivity index (χ4v) is 2.27. The van der Waals surface area contributed by atoms with Gasteiger partial charge in [0.1, 0.15) is 5.82 Å². The number of nitro benzene ring substituents is 1. The fourth-order valence-electron chi connectivity index (χ4n) is 1.57. The molecular weight excluding hydrogens is 255 g/mol. The van der Waals surface area contributed by atoms with Gasteiger partial charge in [-0.05, 0) is 34.9 Å². The summed E-state index contributed by atoms with van der Waals surface area (Å²) in [5.74, 6) is -0.609.